The van der Waals surface area contributed by atoms with E-state index >= 15 is 0 Å². The van der Waals surface area contributed by atoms with Gasteiger partial charge in [0, 0.05) is 44.5 Å². The molecule has 0 radical (unpaired) electrons. The Balaban J connectivity index is 1.56. The van der Waals surface area contributed by atoms with Crippen LogP contribution in [0.3, 0.4) is 0 Å². The number of hydrogen-bond acceptors (Lipinski definition) is 5. The number of benzene rings is 2. The molecule has 3 amide bonds. The number of amides is 3. The van der Waals surface area contributed by atoms with Gasteiger partial charge in [-0.1, -0.05) is 57.2 Å². The summed E-state index contributed by atoms with van der Waals surface area (Å²) in [6.45, 7) is 7.53. The summed E-state index contributed by atoms with van der Waals surface area (Å²) in [4.78, 5) is 43.6. The fourth-order valence-electron chi connectivity index (χ4n) is 5.04. The molecular weight excluding hydrogens is 470 g/mol. The number of carbonyl (C=O) groups is 3. The first-order valence-electron chi connectivity index (χ1n) is 12.8. The summed E-state index contributed by atoms with van der Waals surface area (Å²) in [6.07, 6.45) is 1.35. The number of methoxy groups -OCH3 is 1. The van der Waals surface area contributed by atoms with Crippen LogP contribution in [0.25, 0.3) is 0 Å². The van der Waals surface area contributed by atoms with E-state index in [9.17, 15) is 14.4 Å². The minimum atomic E-state index is -0.951. The van der Waals surface area contributed by atoms with Crippen molar-refractivity contribution in [1.29, 1.82) is 0 Å². The molecule has 1 atom stereocenters. The first-order chi connectivity index (χ1) is 17.6. The SMILES string of the molecule is COc1cccc(C(=O)N2C(C(=O)NCc3ccccc3)COC23CCN(C(=O)CC(C)(C)C)CC3)c1. The second-order valence-corrected chi connectivity index (χ2v) is 11.0. The molecule has 1 N–H and O–H groups in total. The summed E-state index contributed by atoms with van der Waals surface area (Å²) in [6, 6.07) is 15.8. The van der Waals surface area contributed by atoms with Gasteiger partial charge in [0.25, 0.3) is 5.91 Å². The lowest BCUT2D eigenvalue weighted by molar-refractivity contribution is -0.145. The van der Waals surface area contributed by atoms with Gasteiger partial charge < -0.3 is 19.7 Å². The fourth-order valence-corrected chi connectivity index (χ4v) is 5.04. The van der Waals surface area contributed by atoms with Crippen molar-refractivity contribution in [2.75, 3.05) is 26.8 Å². The van der Waals surface area contributed by atoms with Crippen LogP contribution in [0, 0.1) is 5.41 Å². The maximum absolute atomic E-state index is 13.9. The van der Waals surface area contributed by atoms with Crippen LogP contribution in [0.15, 0.2) is 54.6 Å². The highest BCUT2D eigenvalue weighted by molar-refractivity contribution is 5.98. The Kier molecular flexibility index (Phi) is 7.87. The molecule has 4 rings (SSSR count). The van der Waals surface area contributed by atoms with Gasteiger partial charge >= 0.3 is 0 Å². The summed E-state index contributed by atoms with van der Waals surface area (Å²) in [5, 5.41) is 2.97. The Morgan fingerprint density at radius 1 is 1.05 bits per heavy atom. The van der Waals surface area contributed by atoms with Gasteiger partial charge in [-0.3, -0.25) is 19.3 Å². The molecule has 2 saturated heterocycles. The number of carbonyl (C=O) groups excluding carboxylic acids is 3. The van der Waals surface area contributed by atoms with Crippen LogP contribution in [0.1, 0.15) is 56.0 Å². The largest absolute Gasteiger partial charge is 0.497 e. The maximum atomic E-state index is 13.9. The Morgan fingerprint density at radius 3 is 2.41 bits per heavy atom. The number of ether oxygens (including phenoxy) is 2. The third kappa shape index (κ3) is 6.13. The minimum absolute atomic E-state index is 0.100. The third-order valence-electron chi connectivity index (χ3n) is 6.99. The fraction of sp³-hybridized carbons (Fsp3) is 0.483. The Morgan fingerprint density at radius 2 is 1.76 bits per heavy atom. The Bertz CT molecular complexity index is 1120. The van der Waals surface area contributed by atoms with E-state index in [1.807, 2.05) is 56.0 Å². The smallest absolute Gasteiger partial charge is 0.257 e. The number of nitrogens with zero attached hydrogens (tertiary/aromatic N) is 2. The first kappa shape index (κ1) is 26.7. The lowest BCUT2D eigenvalue weighted by Gasteiger charge is -2.44. The molecular formula is C29H37N3O5. The number of piperidine rings is 1. The van der Waals surface area contributed by atoms with Crippen molar-refractivity contribution in [2.24, 2.45) is 5.41 Å². The molecule has 2 fully saturated rings. The van der Waals surface area contributed by atoms with E-state index in [1.54, 1.807) is 36.3 Å². The van der Waals surface area contributed by atoms with Crippen molar-refractivity contribution in [3.8, 4) is 5.75 Å². The lowest BCUT2D eigenvalue weighted by Crippen LogP contribution is -2.59. The van der Waals surface area contributed by atoms with E-state index < -0.39 is 11.8 Å². The highest BCUT2D eigenvalue weighted by Gasteiger charge is 2.54. The summed E-state index contributed by atoms with van der Waals surface area (Å²) >= 11 is 0. The molecule has 0 aliphatic carbocycles. The zero-order chi connectivity index (χ0) is 26.6. The zero-order valence-electron chi connectivity index (χ0n) is 22.2. The van der Waals surface area contributed by atoms with Crippen LogP contribution >= 0.6 is 0 Å². The van der Waals surface area contributed by atoms with Crippen molar-refractivity contribution < 1.29 is 23.9 Å². The van der Waals surface area contributed by atoms with Crippen molar-refractivity contribution >= 4 is 17.7 Å². The minimum Gasteiger partial charge on any atom is -0.497 e. The molecule has 1 spiro atoms. The van der Waals surface area contributed by atoms with Crippen molar-refractivity contribution in [3.63, 3.8) is 0 Å². The van der Waals surface area contributed by atoms with Crippen LogP contribution in [-0.2, 0) is 20.9 Å². The average molecular weight is 508 g/mol. The first-order valence-corrected chi connectivity index (χ1v) is 12.8. The van der Waals surface area contributed by atoms with Gasteiger partial charge in [0.05, 0.1) is 13.7 Å². The topological polar surface area (TPSA) is 88.2 Å². The number of hydrogen-bond donors (Lipinski definition) is 1. The highest BCUT2D eigenvalue weighted by atomic mass is 16.5. The molecule has 1 unspecified atom stereocenters. The average Bonchev–Trinajstić information content (AvgIpc) is 3.25. The van der Waals surface area contributed by atoms with Crippen LogP contribution in [0.4, 0.5) is 0 Å². The predicted molar refractivity (Wildman–Crippen MR) is 140 cm³/mol. The summed E-state index contributed by atoms with van der Waals surface area (Å²) in [7, 11) is 1.55. The molecule has 0 saturated carbocycles. The van der Waals surface area contributed by atoms with E-state index in [4.69, 9.17) is 9.47 Å². The van der Waals surface area contributed by atoms with Gasteiger partial charge in [-0.05, 0) is 29.2 Å². The Labute approximate surface area is 218 Å². The molecule has 0 aromatic heterocycles. The number of likely N-dealkylation sites (tertiary alicyclic amines) is 1. The standard InChI is InChI=1S/C29H37N3O5/c1-28(2,3)18-25(33)31-15-13-29(14-16-31)32(27(35)22-11-8-12-23(17-22)36-4)24(20-37-29)26(34)30-19-21-9-6-5-7-10-21/h5-12,17,24H,13-16,18-20H2,1-4H3,(H,30,34). The van der Waals surface area contributed by atoms with E-state index in [-0.39, 0.29) is 29.7 Å². The second kappa shape index (κ2) is 10.9. The van der Waals surface area contributed by atoms with Crippen molar-refractivity contribution in [1.82, 2.24) is 15.1 Å². The lowest BCUT2D eigenvalue weighted by atomic mass is 9.90. The summed E-state index contributed by atoms with van der Waals surface area (Å²) in [5.74, 6) is 0.116. The van der Waals surface area contributed by atoms with Crippen LogP contribution in [-0.4, -0.2) is 66.1 Å². The predicted octanol–water partition coefficient (Wildman–Crippen LogP) is 3.61. The quantitative estimate of drug-likeness (QED) is 0.646. The van der Waals surface area contributed by atoms with E-state index in [2.05, 4.69) is 5.32 Å². The molecule has 2 aromatic rings. The molecule has 8 nitrogen and oxygen atoms in total. The summed E-state index contributed by atoms with van der Waals surface area (Å²) in [5.41, 5.74) is 0.344. The zero-order valence-corrected chi connectivity index (χ0v) is 22.2. The van der Waals surface area contributed by atoms with Gasteiger partial charge in [0.1, 0.15) is 17.5 Å². The summed E-state index contributed by atoms with van der Waals surface area (Å²) < 4.78 is 11.6. The van der Waals surface area contributed by atoms with E-state index in [0.717, 1.165) is 5.56 Å². The number of rotatable bonds is 6. The van der Waals surface area contributed by atoms with Gasteiger partial charge in [0.2, 0.25) is 11.8 Å². The van der Waals surface area contributed by atoms with Crippen molar-refractivity contribution in [3.05, 3.63) is 65.7 Å². The molecule has 37 heavy (non-hydrogen) atoms. The van der Waals surface area contributed by atoms with Crippen molar-refractivity contribution in [2.45, 2.75) is 58.3 Å². The third-order valence-corrected chi connectivity index (χ3v) is 6.99. The van der Waals surface area contributed by atoms with Crippen LogP contribution in [0.2, 0.25) is 0 Å². The van der Waals surface area contributed by atoms with Gasteiger partial charge in [-0.2, -0.15) is 0 Å². The normalized spacial score (nSPS) is 19.1. The van der Waals surface area contributed by atoms with Gasteiger partial charge in [-0.15, -0.1) is 0 Å². The molecule has 2 aliphatic heterocycles. The van der Waals surface area contributed by atoms with Crippen LogP contribution in [0.5, 0.6) is 5.75 Å². The number of nitrogens with one attached hydrogen (secondary N) is 1. The molecule has 8 heteroatoms. The Hall–Kier alpha value is -3.39. The molecule has 0 bridgehead atoms. The highest BCUT2D eigenvalue weighted by Crippen LogP contribution is 2.39. The van der Waals surface area contributed by atoms with Gasteiger partial charge in [0.15, 0.2) is 0 Å². The molecule has 2 heterocycles. The van der Waals surface area contributed by atoms with E-state index in [1.165, 1.54) is 0 Å². The second-order valence-electron chi connectivity index (χ2n) is 11.0. The van der Waals surface area contributed by atoms with E-state index in [0.29, 0.717) is 50.2 Å². The molecule has 198 valence electrons. The molecule has 2 aliphatic rings. The monoisotopic (exact) mass is 507 g/mol. The maximum Gasteiger partial charge on any atom is 0.257 e. The van der Waals surface area contributed by atoms with Gasteiger partial charge in [-0.25, -0.2) is 0 Å². The molecule has 2 aromatic carbocycles. The van der Waals surface area contributed by atoms with Crippen LogP contribution < -0.4 is 10.1 Å².